The van der Waals surface area contributed by atoms with Crippen LogP contribution in [0.4, 0.5) is 0 Å². The van der Waals surface area contributed by atoms with E-state index >= 15 is 0 Å². The van der Waals surface area contributed by atoms with E-state index in [2.05, 4.69) is 29.7 Å². The molecule has 0 saturated carbocycles. The lowest BCUT2D eigenvalue weighted by atomic mass is 9.90. The molecule has 1 aromatic carbocycles. The molecular weight excluding hydrogens is 264 g/mol. The maximum atomic E-state index is 12.5. The lowest BCUT2D eigenvalue weighted by Gasteiger charge is -2.35. The van der Waals surface area contributed by atoms with Crippen LogP contribution < -0.4 is 10.6 Å². The first-order valence-electron chi connectivity index (χ1n) is 7.77. The Hall–Kier alpha value is -1.39. The van der Waals surface area contributed by atoms with E-state index < -0.39 is 5.60 Å². The first-order valence-corrected chi connectivity index (χ1v) is 7.77. The molecule has 0 bridgehead atoms. The summed E-state index contributed by atoms with van der Waals surface area (Å²) in [5, 5.41) is 6.39. The zero-order valence-corrected chi connectivity index (χ0v) is 13.0. The van der Waals surface area contributed by atoms with Crippen molar-refractivity contribution < 1.29 is 9.53 Å². The fourth-order valence-corrected chi connectivity index (χ4v) is 2.81. The number of hydrogen-bond donors (Lipinski definition) is 2. The highest BCUT2D eigenvalue weighted by molar-refractivity contribution is 5.85. The third-order valence-corrected chi connectivity index (χ3v) is 4.30. The van der Waals surface area contributed by atoms with Crippen molar-refractivity contribution in [2.24, 2.45) is 0 Å². The summed E-state index contributed by atoms with van der Waals surface area (Å²) in [5.41, 5.74) is 0.661. The van der Waals surface area contributed by atoms with Gasteiger partial charge in [0.15, 0.2) is 0 Å². The number of amides is 1. The molecule has 0 aromatic heterocycles. The highest BCUT2D eigenvalue weighted by Gasteiger charge is 2.39. The standard InChI is InChI=1S/C17H26N2O2/c1-14(8-9-15-6-4-3-5-7-15)19-16(20)17(21-2)10-12-18-13-11-17/h3-7,14,18H,8-13H2,1-2H3,(H,19,20). The Morgan fingerprint density at radius 3 is 2.62 bits per heavy atom. The molecule has 1 saturated heterocycles. The van der Waals surface area contributed by atoms with Crippen LogP contribution in [-0.2, 0) is 16.0 Å². The van der Waals surface area contributed by atoms with Crippen molar-refractivity contribution in [1.82, 2.24) is 10.6 Å². The number of rotatable bonds is 6. The first kappa shape index (κ1) is 16.0. The minimum Gasteiger partial charge on any atom is -0.368 e. The Morgan fingerprint density at radius 2 is 2.00 bits per heavy atom. The highest BCUT2D eigenvalue weighted by Crippen LogP contribution is 2.23. The fraction of sp³-hybridized carbons (Fsp3) is 0.588. The molecular formula is C17H26N2O2. The second-order valence-corrected chi connectivity index (χ2v) is 5.85. The Balaban J connectivity index is 1.83. The molecule has 21 heavy (non-hydrogen) atoms. The second-order valence-electron chi connectivity index (χ2n) is 5.85. The van der Waals surface area contributed by atoms with Crippen molar-refractivity contribution in [1.29, 1.82) is 0 Å². The molecule has 0 radical (unpaired) electrons. The van der Waals surface area contributed by atoms with Gasteiger partial charge in [0.2, 0.25) is 0 Å². The van der Waals surface area contributed by atoms with Gasteiger partial charge in [-0.25, -0.2) is 0 Å². The topological polar surface area (TPSA) is 50.4 Å². The molecule has 1 unspecified atom stereocenters. The molecule has 1 aliphatic rings. The van der Waals surface area contributed by atoms with Gasteiger partial charge < -0.3 is 15.4 Å². The summed E-state index contributed by atoms with van der Waals surface area (Å²) in [4.78, 5) is 12.5. The largest absolute Gasteiger partial charge is 0.368 e. The van der Waals surface area contributed by atoms with E-state index in [9.17, 15) is 4.79 Å². The van der Waals surface area contributed by atoms with Crippen molar-refractivity contribution >= 4 is 5.91 Å². The molecule has 2 rings (SSSR count). The van der Waals surface area contributed by atoms with E-state index in [1.165, 1.54) is 5.56 Å². The predicted octanol–water partition coefficient (Wildman–Crippen LogP) is 1.89. The average molecular weight is 290 g/mol. The van der Waals surface area contributed by atoms with Gasteiger partial charge in [-0.05, 0) is 51.3 Å². The van der Waals surface area contributed by atoms with Crippen molar-refractivity contribution in [2.45, 2.75) is 44.2 Å². The summed E-state index contributed by atoms with van der Waals surface area (Å²) in [7, 11) is 1.64. The Bertz CT molecular complexity index is 441. The van der Waals surface area contributed by atoms with Crippen LogP contribution in [-0.4, -0.2) is 37.7 Å². The molecule has 1 fully saturated rings. The summed E-state index contributed by atoms with van der Waals surface area (Å²) < 4.78 is 5.55. The number of ether oxygens (including phenoxy) is 1. The van der Waals surface area contributed by atoms with Gasteiger partial charge in [-0.3, -0.25) is 4.79 Å². The number of aryl methyl sites for hydroxylation is 1. The van der Waals surface area contributed by atoms with E-state index in [1.54, 1.807) is 7.11 Å². The van der Waals surface area contributed by atoms with Crippen LogP contribution in [0.1, 0.15) is 31.7 Å². The average Bonchev–Trinajstić information content (AvgIpc) is 2.54. The lowest BCUT2D eigenvalue weighted by Crippen LogP contribution is -2.55. The van der Waals surface area contributed by atoms with Gasteiger partial charge in [-0.15, -0.1) is 0 Å². The minimum absolute atomic E-state index is 0.0343. The molecule has 1 atom stereocenters. The summed E-state index contributed by atoms with van der Waals surface area (Å²) in [6.07, 6.45) is 3.39. The van der Waals surface area contributed by atoms with Crippen molar-refractivity contribution in [3.8, 4) is 0 Å². The molecule has 4 heteroatoms. The van der Waals surface area contributed by atoms with Crippen LogP contribution in [0.25, 0.3) is 0 Å². The highest BCUT2D eigenvalue weighted by atomic mass is 16.5. The zero-order chi connectivity index (χ0) is 15.1. The van der Waals surface area contributed by atoms with Gasteiger partial charge >= 0.3 is 0 Å². The van der Waals surface area contributed by atoms with Gasteiger partial charge in [-0.2, -0.15) is 0 Å². The van der Waals surface area contributed by atoms with Crippen LogP contribution in [0.5, 0.6) is 0 Å². The van der Waals surface area contributed by atoms with Crippen LogP contribution >= 0.6 is 0 Å². The van der Waals surface area contributed by atoms with Gasteiger partial charge in [-0.1, -0.05) is 30.3 Å². The molecule has 1 heterocycles. The van der Waals surface area contributed by atoms with E-state index in [-0.39, 0.29) is 11.9 Å². The van der Waals surface area contributed by atoms with Gasteiger partial charge in [0.1, 0.15) is 5.60 Å². The van der Waals surface area contributed by atoms with Crippen LogP contribution in [0.15, 0.2) is 30.3 Å². The Labute approximate surface area is 127 Å². The fourth-order valence-electron chi connectivity index (χ4n) is 2.81. The quantitative estimate of drug-likeness (QED) is 0.841. The molecule has 1 amide bonds. The second kappa shape index (κ2) is 7.57. The molecule has 116 valence electrons. The molecule has 0 spiro atoms. The lowest BCUT2D eigenvalue weighted by molar-refractivity contribution is -0.147. The third kappa shape index (κ3) is 4.29. The third-order valence-electron chi connectivity index (χ3n) is 4.30. The number of piperidine rings is 1. The molecule has 2 N–H and O–H groups in total. The Kier molecular flexibility index (Phi) is 5.76. The van der Waals surface area contributed by atoms with Gasteiger partial charge in [0, 0.05) is 13.2 Å². The van der Waals surface area contributed by atoms with Crippen molar-refractivity contribution in [3.05, 3.63) is 35.9 Å². The Morgan fingerprint density at radius 1 is 1.33 bits per heavy atom. The number of methoxy groups -OCH3 is 1. The van der Waals surface area contributed by atoms with Crippen molar-refractivity contribution in [3.63, 3.8) is 0 Å². The zero-order valence-electron chi connectivity index (χ0n) is 13.0. The maximum absolute atomic E-state index is 12.5. The SMILES string of the molecule is COC1(C(=O)NC(C)CCc2ccccc2)CCNCC1. The monoisotopic (exact) mass is 290 g/mol. The van der Waals surface area contributed by atoms with Crippen LogP contribution in [0.3, 0.4) is 0 Å². The smallest absolute Gasteiger partial charge is 0.252 e. The number of carbonyl (C=O) groups excluding carboxylic acids is 1. The minimum atomic E-state index is -0.647. The van der Waals surface area contributed by atoms with E-state index in [0.29, 0.717) is 0 Å². The van der Waals surface area contributed by atoms with Gasteiger partial charge in [0.25, 0.3) is 5.91 Å². The maximum Gasteiger partial charge on any atom is 0.252 e. The summed E-state index contributed by atoms with van der Waals surface area (Å²) >= 11 is 0. The summed E-state index contributed by atoms with van der Waals surface area (Å²) in [6.45, 7) is 3.73. The van der Waals surface area contributed by atoms with E-state index in [0.717, 1.165) is 38.8 Å². The number of carbonyl (C=O) groups is 1. The van der Waals surface area contributed by atoms with Crippen molar-refractivity contribution in [2.75, 3.05) is 20.2 Å². The number of nitrogens with one attached hydrogen (secondary N) is 2. The molecule has 1 aliphatic heterocycles. The van der Waals surface area contributed by atoms with E-state index in [4.69, 9.17) is 4.74 Å². The van der Waals surface area contributed by atoms with Gasteiger partial charge in [0.05, 0.1) is 0 Å². The molecule has 1 aromatic rings. The number of benzene rings is 1. The van der Waals surface area contributed by atoms with Crippen LogP contribution in [0, 0.1) is 0 Å². The number of hydrogen-bond acceptors (Lipinski definition) is 3. The summed E-state index contributed by atoms with van der Waals surface area (Å²) in [6, 6.07) is 10.5. The molecule has 0 aliphatic carbocycles. The first-order chi connectivity index (χ1) is 10.2. The van der Waals surface area contributed by atoms with Crippen LogP contribution in [0.2, 0.25) is 0 Å². The summed E-state index contributed by atoms with van der Waals surface area (Å²) in [5.74, 6) is 0.0343. The predicted molar refractivity (Wildman–Crippen MR) is 84.2 cm³/mol. The van der Waals surface area contributed by atoms with E-state index in [1.807, 2.05) is 18.2 Å². The molecule has 4 nitrogen and oxygen atoms in total. The normalized spacial score (nSPS) is 19.0.